The summed E-state index contributed by atoms with van der Waals surface area (Å²) in [5, 5.41) is 2.99. The van der Waals surface area contributed by atoms with Crippen molar-refractivity contribution in [1.29, 1.82) is 0 Å². The number of carbonyl (C=O) groups is 1. The first-order valence-corrected chi connectivity index (χ1v) is 12.7. The summed E-state index contributed by atoms with van der Waals surface area (Å²) < 4.78 is 11.8. The Morgan fingerprint density at radius 1 is 0.944 bits per heavy atom. The van der Waals surface area contributed by atoms with Crippen LogP contribution in [0.3, 0.4) is 0 Å². The molecule has 8 nitrogen and oxygen atoms in total. The Morgan fingerprint density at radius 2 is 1.67 bits per heavy atom. The summed E-state index contributed by atoms with van der Waals surface area (Å²) in [7, 11) is 0. The zero-order valence-corrected chi connectivity index (χ0v) is 20.4. The van der Waals surface area contributed by atoms with E-state index in [9.17, 15) is 4.79 Å². The highest BCUT2D eigenvalue weighted by Crippen LogP contribution is 2.42. The van der Waals surface area contributed by atoms with E-state index in [0.717, 1.165) is 61.7 Å². The van der Waals surface area contributed by atoms with E-state index in [-0.39, 0.29) is 11.6 Å². The number of amides is 2. The second-order valence-corrected chi connectivity index (χ2v) is 9.83. The summed E-state index contributed by atoms with van der Waals surface area (Å²) in [6, 6.07) is 16.3. The molecule has 0 radical (unpaired) electrons. The average molecular weight is 486 g/mol. The van der Waals surface area contributed by atoms with Crippen molar-refractivity contribution in [3.63, 3.8) is 0 Å². The second kappa shape index (κ2) is 9.87. The number of aromatic nitrogens is 2. The zero-order chi connectivity index (χ0) is 24.4. The number of fused-ring (bicyclic) bond motifs is 1. The lowest BCUT2D eigenvalue weighted by atomic mass is 9.86. The van der Waals surface area contributed by atoms with Gasteiger partial charge in [-0.1, -0.05) is 18.2 Å². The minimum absolute atomic E-state index is 0.0756. The minimum atomic E-state index is -0.108. The van der Waals surface area contributed by atoms with E-state index >= 15 is 0 Å². The quantitative estimate of drug-likeness (QED) is 0.602. The van der Waals surface area contributed by atoms with Crippen molar-refractivity contribution < 1.29 is 14.3 Å². The number of likely N-dealkylation sites (tertiary alicyclic amines) is 1. The lowest BCUT2D eigenvalue weighted by molar-refractivity contribution is 0.0163. The number of ether oxygens (including phenoxy) is 2. The molecular formula is C28H31N5O3. The van der Waals surface area contributed by atoms with Gasteiger partial charge in [0.1, 0.15) is 17.2 Å². The van der Waals surface area contributed by atoms with Crippen molar-refractivity contribution in [2.24, 2.45) is 0 Å². The molecule has 3 aliphatic rings. The van der Waals surface area contributed by atoms with Crippen molar-refractivity contribution in [3.05, 3.63) is 72.3 Å². The smallest absolute Gasteiger partial charge is 0.321 e. The molecule has 1 spiro atoms. The molecule has 186 valence electrons. The number of hydrogen-bond donors (Lipinski definition) is 1. The molecule has 0 bridgehead atoms. The van der Waals surface area contributed by atoms with Crippen LogP contribution in [-0.4, -0.2) is 70.8 Å². The number of piperidine rings is 1. The van der Waals surface area contributed by atoms with E-state index in [4.69, 9.17) is 9.47 Å². The highest BCUT2D eigenvalue weighted by Gasteiger charge is 2.42. The molecule has 0 atom stereocenters. The molecule has 1 aromatic heterocycles. The predicted octanol–water partition coefficient (Wildman–Crippen LogP) is 3.98. The molecule has 2 fully saturated rings. The maximum Gasteiger partial charge on any atom is 0.321 e. The lowest BCUT2D eigenvalue weighted by Gasteiger charge is -2.38. The molecule has 2 saturated heterocycles. The fraction of sp³-hybridized carbons (Fsp3) is 0.393. The maximum absolute atomic E-state index is 12.4. The average Bonchev–Trinajstić information content (AvgIpc) is 3.28. The first kappa shape index (κ1) is 22.9. The summed E-state index contributed by atoms with van der Waals surface area (Å²) in [5.41, 5.74) is 4.26. The third-order valence-corrected chi connectivity index (χ3v) is 7.42. The number of carbonyl (C=O) groups excluding carboxylic acids is 1. The van der Waals surface area contributed by atoms with Gasteiger partial charge in [0, 0.05) is 63.5 Å². The maximum atomic E-state index is 12.4. The SMILES string of the molecule is O=C(Nc1ccc(-c2ccc3c(c2)CC2(CCN(Cc4ncccn4)CC2)O3)cc1)N1CCOCC1. The number of nitrogens with one attached hydrogen (secondary N) is 1. The van der Waals surface area contributed by atoms with Crippen molar-refractivity contribution in [2.45, 2.75) is 31.4 Å². The van der Waals surface area contributed by atoms with Crippen LogP contribution < -0.4 is 10.1 Å². The van der Waals surface area contributed by atoms with E-state index in [1.54, 1.807) is 17.3 Å². The number of nitrogens with zero attached hydrogens (tertiary/aromatic N) is 4. The highest BCUT2D eigenvalue weighted by atomic mass is 16.5. The van der Waals surface area contributed by atoms with E-state index in [1.165, 1.54) is 11.1 Å². The van der Waals surface area contributed by atoms with Crippen LogP contribution in [0.5, 0.6) is 5.75 Å². The van der Waals surface area contributed by atoms with Gasteiger partial charge < -0.3 is 19.7 Å². The number of benzene rings is 2. The Balaban J connectivity index is 1.07. The van der Waals surface area contributed by atoms with Crippen molar-refractivity contribution in [1.82, 2.24) is 19.8 Å². The summed E-state index contributed by atoms with van der Waals surface area (Å²) in [6.07, 6.45) is 6.55. The molecular weight excluding hydrogens is 454 g/mol. The van der Waals surface area contributed by atoms with Crippen molar-refractivity contribution >= 4 is 11.7 Å². The first-order chi connectivity index (χ1) is 17.7. The number of anilines is 1. The Hall–Kier alpha value is -3.49. The highest BCUT2D eigenvalue weighted by molar-refractivity contribution is 5.89. The van der Waals surface area contributed by atoms with Crippen LogP contribution in [0.15, 0.2) is 60.9 Å². The number of urea groups is 1. The number of morpholine rings is 1. The molecule has 36 heavy (non-hydrogen) atoms. The van der Waals surface area contributed by atoms with E-state index < -0.39 is 0 Å². The molecule has 3 aromatic rings. The Bertz CT molecular complexity index is 1200. The number of hydrogen-bond acceptors (Lipinski definition) is 6. The Morgan fingerprint density at radius 3 is 2.42 bits per heavy atom. The topological polar surface area (TPSA) is 79.8 Å². The van der Waals surface area contributed by atoms with Gasteiger partial charge in [0.05, 0.1) is 19.8 Å². The molecule has 3 aliphatic heterocycles. The molecule has 0 unspecified atom stereocenters. The fourth-order valence-corrected chi connectivity index (χ4v) is 5.34. The van der Waals surface area contributed by atoms with Gasteiger partial charge in [-0.3, -0.25) is 4.90 Å². The van der Waals surface area contributed by atoms with Gasteiger partial charge in [-0.25, -0.2) is 14.8 Å². The van der Waals surface area contributed by atoms with Crippen LogP contribution in [0.25, 0.3) is 11.1 Å². The lowest BCUT2D eigenvalue weighted by Crippen LogP contribution is -2.47. The summed E-state index contributed by atoms with van der Waals surface area (Å²) in [4.78, 5) is 25.4. The third-order valence-electron chi connectivity index (χ3n) is 7.42. The molecule has 2 amide bonds. The fourth-order valence-electron chi connectivity index (χ4n) is 5.34. The van der Waals surface area contributed by atoms with Crippen LogP contribution in [0.2, 0.25) is 0 Å². The van der Waals surface area contributed by atoms with E-state index in [1.807, 2.05) is 18.2 Å². The van der Waals surface area contributed by atoms with Crippen LogP contribution in [0.1, 0.15) is 24.2 Å². The standard InChI is InChI=1S/C28H31N5O3/c34-27(33-14-16-35-17-15-33)31-24-5-2-21(3-6-24)22-4-7-25-23(18-22)19-28(36-25)8-12-32(13-9-28)20-26-29-10-1-11-30-26/h1-7,10-11,18H,8-9,12-17,19-20H2,(H,31,34). The molecule has 0 saturated carbocycles. The molecule has 1 N–H and O–H groups in total. The third kappa shape index (κ3) is 4.92. The summed E-state index contributed by atoms with van der Waals surface area (Å²) >= 11 is 0. The van der Waals surface area contributed by atoms with Gasteiger partial charge >= 0.3 is 6.03 Å². The molecule has 8 heteroatoms. The minimum Gasteiger partial charge on any atom is -0.487 e. The first-order valence-electron chi connectivity index (χ1n) is 12.7. The van der Waals surface area contributed by atoms with Gasteiger partial charge in [0.25, 0.3) is 0 Å². The predicted molar refractivity (Wildman–Crippen MR) is 137 cm³/mol. The van der Waals surface area contributed by atoms with Crippen LogP contribution in [-0.2, 0) is 17.7 Å². The molecule has 2 aromatic carbocycles. The van der Waals surface area contributed by atoms with Crippen molar-refractivity contribution in [2.75, 3.05) is 44.7 Å². The van der Waals surface area contributed by atoms with Crippen LogP contribution in [0.4, 0.5) is 10.5 Å². The Kier molecular flexibility index (Phi) is 6.29. The summed E-state index contributed by atoms with van der Waals surface area (Å²) in [5.74, 6) is 1.88. The van der Waals surface area contributed by atoms with Gasteiger partial charge in [0.15, 0.2) is 0 Å². The van der Waals surface area contributed by atoms with Crippen molar-refractivity contribution in [3.8, 4) is 16.9 Å². The Labute approximate surface area is 211 Å². The van der Waals surface area contributed by atoms with Crippen LogP contribution >= 0.6 is 0 Å². The second-order valence-electron chi connectivity index (χ2n) is 9.83. The molecule has 0 aliphatic carbocycles. The van der Waals surface area contributed by atoms with Gasteiger partial charge in [-0.15, -0.1) is 0 Å². The van der Waals surface area contributed by atoms with Crippen LogP contribution in [0, 0.1) is 0 Å². The molecule has 4 heterocycles. The van der Waals surface area contributed by atoms with E-state index in [2.05, 4.69) is 50.5 Å². The zero-order valence-electron chi connectivity index (χ0n) is 20.4. The molecule has 6 rings (SSSR count). The van der Waals surface area contributed by atoms with E-state index in [0.29, 0.717) is 26.3 Å². The normalized spacial score (nSPS) is 19.1. The largest absolute Gasteiger partial charge is 0.487 e. The summed E-state index contributed by atoms with van der Waals surface area (Å²) in [6.45, 7) is 5.20. The van der Waals surface area contributed by atoms with Gasteiger partial charge in [0.2, 0.25) is 0 Å². The monoisotopic (exact) mass is 485 g/mol. The van der Waals surface area contributed by atoms with Gasteiger partial charge in [-0.05, 0) is 47.0 Å². The van der Waals surface area contributed by atoms with Gasteiger partial charge in [-0.2, -0.15) is 0 Å². The number of rotatable bonds is 4.